The second-order valence-electron chi connectivity index (χ2n) is 4.35. The first-order valence-corrected chi connectivity index (χ1v) is 5.82. The highest BCUT2D eigenvalue weighted by atomic mass is 16.5. The molecule has 0 fully saturated rings. The average Bonchev–Trinajstić information content (AvgIpc) is 2.39. The lowest BCUT2D eigenvalue weighted by Gasteiger charge is -2.26. The number of hydrogen-bond acceptors (Lipinski definition) is 3. The number of carbonyl (C=O) groups excluding carboxylic acids is 1. The van der Waals surface area contributed by atoms with E-state index >= 15 is 0 Å². The van der Waals surface area contributed by atoms with Gasteiger partial charge in [0.1, 0.15) is 5.75 Å². The SMILES string of the molecule is O=C1C2=c3ccccc3=NC1Oc1ccccc12. The maximum absolute atomic E-state index is 12.3. The van der Waals surface area contributed by atoms with Crippen LogP contribution in [0.1, 0.15) is 5.56 Å². The third-order valence-electron chi connectivity index (χ3n) is 3.30. The van der Waals surface area contributed by atoms with Crippen LogP contribution in [-0.4, -0.2) is 12.0 Å². The molecule has 0 saturated carbocycles. The van der Waals surface area contributed by atoms with Crippen LogP contribution in [-0.2, 0) is 4.79 Å². The zero-order chi connectivity index (χ0) is 12.1. The maximum atomic E-state index is 12.3. The van der Waals surface area contributed by atoms with E-state index in [0.717, 1.165) is 27.5 Å². The number of hydrogen-bond donors (Lipinski definition) is 0. The molecule has 1 atom stereocenters. The van der Waals surface area contributed by atoms with Gasteiger partial charge in [0.2, 0.25) is 5.78 Å². The molecule has 3 nitrogen and oxygen atoms in total. The van der Waals surface area contributed by atoms with Gasteiger partial charge >= 0.3 is 0 Å². The fourth-order valence-corrected chi connectivity index (χ4v) is 2.49. The fourth-order valence-electron chi connectivity index (χ4n) is 2.49. The summed E-state index contributed by atoms with van der Waals surface area (Å²) in [6.07, 6.45) is -0.718. The second kappa shape index (κ2) is 3.29. The molecule has 0 spiro atoms. The molecule has 2 bridgehead atoms. The van der Waals surface area contributed by atoms with Crippen LogP contribution in [0.15, 0.2) is 53.5 Å². The summed E-state index contributed by atoms with van der Waals surface area (Å²) in [6, 6.07) is 15.3. The molecule has 2 heterocycles. The largest absolute Gasteiger partial charge is 0.460 e. The predicted octanol–water partition coefficient (Wildman–Crippen LogP) is 0.806. The number of ether oxygens (including phenoxy) is 1. The van der Waals surface area contributed by atoms with Gasteiger partial charge in [0.05, 0.1) is 5.36 Å². The number of ketones is 1. The number of rotatable bonds is 0. The Kier molecular flexibility index (Phi) is 1.75. The predicted molar refractivity (Wildman–Crippen MR) is 65.6 cm³/mol. The van der Waals surface area contributed by atoms with E-state index in [1.165, 1.54) is 0 Å². The molecule has 0 aromatic heterocycles. The summed E-state index contributed by atoms with van der Waals surface area (Å²) in [4.78, 5) is 16.6. The van der Waals surface area contributed by atoms with E-state index in [4.69, 9.17) is 4.74 Å². The molecular weight excluding hydrogens is 226 g/mol. The van der Waals surface area contributed by atoms with Gasteiger partial charge in [0.25, 0.3) is 6.23 Å². The lowest BCUT2D eigenvalue weighted by Crippen LogP contribution is -2.44. The Morgan fingerprint density at radius 3 is 2.72 bits per heavy atom. The molecule has 0 radical (unpaired) electrons. The van der Waals surface area contributed by atoms with Crippen molar-refractivity contribution in [3.63, 3.8) is 0 Å². The molecule has 0 N–H and O–H groups in total. The van der Waals surface area contributed by atoms with Crippen molar-refractivity contribution >= 4 is 11.4 Å². The molecule has 18 heavy (non-hydrogen) atoms. The molecule has 0 aliphatic carbocycles. The van der Waals surface area contributed by atoms with Crippen LogP contribution in [0.25, 0.3) is 5.57 Å². The van der Waals surface area contributed by atoms with E-state index in [1.807, 2.05) is 48.5 Å². The van der Waals surface area contributed by atoms with Crippen molar-refractivity contribution in [3.05, 3.63) is 64.7 Å². The average molecular weight is 235 g/mol. The van der Waals surface area contributed by atoms with Crippen LogP contribution < -0.4 is 15.3 Å². The minimum absolute atomic E-state index is 0.0487. The summed E-state index contributed by atoms with van der Waals surface area (Å²) in [6.45, 7) is 0. The molecule has 1 unspecified atom stereocenters. The molecule has 4 rings (SSSR count). The Bertz CT molecular complexity index is 792. The van der Waals surface area contributed by atoms with Gasteiger partial charge in [-0.3, -0.25) is 4.79 Å². The van der Waals surface area contributed by atoms with E-state index in [0.29, 0.717) is 0 Å². The Morgan fingerprint density at radius 1 is 1.00 bits per heavy atom. The highest BCUT2D eigenvalue weighted by Crippen LogP contribution is 2.32. The molecule has 86 valence electrons. The highest BCUT2D eigenvalue weighted by molar-refractivity contribution is 6.24. The first-order valence-electron chi connectivity index (χ1n) is 5.82. The van der Waals surface area contributed by atoms with Crippen LogP contribution in [0, 0.1) is 0 Å². The van der Waals surface area contributed by atoms with Crippen LogP contribution >= 0.6 is 0 Å². The molecular formula is C15H9NO2. The second-order valence-corrected chi connectivity index (χ2v) is 4.35. The number of fused-ring (bicyclic) bond motifs is 5. The van der Waals surface area contributed by atoms with Crippen molar-refractivity contribution in [2.75, 3.05) is 0 Å². The highest BCUT2D eigenvalue weighted by Gasteiger charge is 2.34. The smallest absolute Gasteiger partial charge is 0.253 e. The lowest BCUT2D eigenvalue weighted by atomic mass is 9.93. The number of para-hydroxylation sites is 2. The minimum Gasteiger partial charge on any atom is -0.460 e. The molecule has 3 heteroatoms. The summed E-state index contributed by atoms with van der Waals surface area (Å²) in [5.41, 5.74) is 1.59. The van der Waals surface area contributed by atoms with Gasteiger partial charge in [-0.2, -0.15) is 0 Å². The number of benzene rings is 2. The Hall–Kier alpha value is -2.42. The summed E-state index contributed by atoms with van der Waals surface area (Å²) < 4.78 is 5.63. The normalized spacial score (nSPS) is 19.4. The van der Waals surface area contributed by atoms with Gasteiger partial charge in [-0.1, -0.05) is 36.4 Å². The number of Topliss-reactive ketones (excluding diaryl/α,β-unsaturated/α-hetero) is 1. The van der Waals surface area contributed by atoms with E-state index in [-0.39, 0.29) is 5.78 Å². The minimum atomic E-state index is -0.718. The van der Waals surface area contributed by atoms with Gasteiger partial charge in [0.15, 0.2) is 0 Å². The quantitative estimate of drug-likeness (QED) is 0.677. The zero-order valence-corrected chi connectivity index (χ0v) is 9.46. The van der Waals surface area contributed by atoms with Crippen LogP contribution in [0.2, 0.25) is 0 Å². The third kappa shape index (κ3) is 1.13. The number of carbonyl (C=O) groups is 1. The van der Waals surface area contributed by atoms with Crippen LogP contribution in [0.4, 0.5) is 0 Å². The first-order chi connectivity index (χ1) is 8.84. The molecule has 2 aromatic carbocycles. The van der Waals surface area contributed by atoms with Crippen molar-refractivity contribution in [1.29, 1.82) is 0 Å². The number of nitrogens with zero attached hydrogens (tertiary/aromatic N) is 1. The lowest BCUT2D eigenvalue weighted by molar-refractivity contribution is -0.120. The van der Waals surface area contributed by atoms with E-state index < -0.39 is 6.23 Å². The van der Waals surface area contributed by atoms with E-state index in [9.17, 15) is 4.79 Å². The van der Waals surface area contributed by atoms with Gasteiger partial charge in [0, 0.05) is 16.4 Å². The topological polar surface area (TPSA) is 38.7 Å². The van der Waals surface area contributed by atoms with Crippen molar-refractivity contribution in [3.8, 4) is 5.75 Å². The van der Waals surface area contributed by atoms with E-state index in [1.54, 1.807) is 0 Å². The molecule has 2 aliphatic heterocycles. The Balaban J connectivity index is 2.23. The van der Waals surface area contributed by atoms with Crippen LogP contribution in [0.5, 0.6) is 5.75 Å². The zero-order valence-electron chi connectivity index (χ0n) is 9.46. The third-order valence-corrected chi connectivity index (χ3v) is 3.30. The van der Waals surface area contributed by atoms with Crippen LogP contribution in [0.3, 0.4) is 0 Å². The standard InChI is InChI=1S/C15H9NO2/c17-14-13-9-5-1-3-7-11(9)16-15(14)18-12-8-4-2-6-10(12)13/h1-8,15H. The molecule has 0 amide bonds. The summed E-state index contributed by atoms with van der Waals surface area (Å²) in [7, 11) is 0. The van der Waals surface area contributed by atoms with Gasteiger partial charge < -0.3 is 4.74 Å². The van der Waals surface area contributed by atoms with Crippen molar-refractivity contribution < 1.29 is 9.53 Å². The van der Waals surface area contributed by atoms with Gasteiger partial charge in [-0.05, 0) is 12.1 Å². The summed E-state index contributed by atoms with van der Waals surface area (Å²) in [5.74, 6) is 0.683. The van der Waals surface area contributed by atoms with Crippen molar-refractivity contribution in [2.45, 2.75) is 6.23 Å². The maximum Gasteiger partial charge on any atom is 0.253 e. The van der Waals surface area contributed by atoms with Crippen molar-refractivity contribution in [1.82, 2.24) is 0 Å². The fraction of sp³-hybridized carbons (Fsp3) is 0.0667. The van der Waals surface area contributed by atoms with Gasteiger partial charge in [-0.25, -0.2) is 4.99 Å². The van der Waals surface area contributed by atoms with Crippen molar-refractivity contribution in [2.24, 2.45) is 4.99 Å². The monoisotopic (exact) mass is 235 g/mol. The summed E-state index contributed by atoms with van der Waals surface area (Å²) >= 11 is 0. The van der Waals surface area contributed by atoms with E-state index in [2.05, 4.69) is 4.99 Å². The Labute approximate surface area is 103 Å². The molecule has 2 aliphatic rings. The molecule has 0 saturated heterocycles. The molecule has 2 aromatic rings. The summed E-state index contributed by atoms with van der Waals surface area (Å²) in [5, 5.41) is 1.72. The van der Waals surface area contributed by atoms with Gasteiger partial charge in [-0.15, -0.1) is 0 Å². The Morgan fingerprint density at radius 2 is 1.78 bits per heavy atom. The first kappa shape index (κ1) is 9.59.